The van der Waals surface area contributed by atoms with Gasteiger partial charge in [0, 0.05) is 18.6 Å². The molecule has 0 N–H and O–H groups in total. The average molecular weight is 293 g/mol. The maximum absolute atomic E-state index is 5.98. The first-order valence-corrected chi connectivity index (χ1v) is 6.05. The SMILES string of the molecule is Clc1cnc(Cl)c(-c2nnc(-c3cccnc3)o2)c1. The van der Waals surface area contributed by atoms with Crippen molar-refractivity contribution in [3.8, 4) is 22.9 Å². The molecule has 19 heavy (non-hydrogen) atoms. The fourth-order valence-electron chi connectivity index (χ4n) is 1.51. The van der Waals surface area contributed by atoms with E-state index in [1.54, 1.807) is 24.5 Å². The van der Waals surface area contributed by atoms with Gasteiger partial charge in [0.05, 0.1) is 16.1 Å². The van der Waals surface area contributed by atoms with Crippen molar-refractivity contribution in [2.75, 3.05) is 0 Å². The molecule has 0 bridgehead atoms. The maximum Gasteiger partial charge on any atom is 0.251 e. The van der Waals surface area contributed by atoms with Crippen LogP contribution in [-0.2, 0) is 0 Å². The highest BCUT2D eigenvalue weighted by Gasteiger charge is 2.14. The molecule has 0 unspecified atom stereocenters. The summed E-state index contributed by atoms with van der Waals surface area (Å²) in [5, 5.41) is 8.58. The van der Waals surface area contributed by atoms with Crippen molar-refractivity contribution < 1.29 is 4.42 Å². The van der Waals surface area contributed by atoms with Gasteiger partial charge in [0.2, 0.25) is 5.89 Å². The summed E-state index contributed by atoms with van der Waals surface area (Å²) in [6, 6.07) is 5.23. The molecule has 3 heterocycles. The third-order valence-corrected chi connectivity index (χ3v) is 2.88. The molecule has 0 aliphatic heterocycles. The summed E-state index contributed by atoms with van der Waals surface area (Å²) in [6.45, 7) is 0. The Morgan fingerprint density at radius 3 is 2.68 bits per heavy atom. The lowest BCUT2D eigenvalue weighted by Crippen LogP contribution is -1.83. The summed E-state index contributed by atoms with van der Waals surface area (Å²) in [6.07, 6.45) is 4.75. The minimum absolute atomic E-state index is 0.255. The van der Waals surface area contributed by atoms with Gasteiger partial charge in [0.25, 0.3) is 5.89 Å². The van der Waals surface area contributed by atoms with Crippen LogP contribution in [0.15, 0.2) is 41.2 Å². The summed E-state index contributed by atoms with van der Waals surface area (Å²) in [4.78, 5) is 7.92. The van der Waals surface area contributed by atoms with Gasteiger partial charge < -0.3 is 4.42 Å². The normalized spacial score (nSPS) is 10.6. The highest BCUT2D eigenvalue weighted by Crippen LogP contribution is 2.29. The van der Waals surface area contributed by atoms with Gasteiger partial charge in [0.15, 0.2) is 0 Å². The van der Waals surface area contributed by atoms with Crippen LogP contribution in [0.4, 0.5) is 0 Å². The van der Waals surface area contributed by atoms with Gasteiger partial charge in [0.1, 0.15) is 5.15 Å². The molecular weight excluding hydrogens is 287 g/mol. The van der Waals surface area contributed by atoms with E-state index in [2.05, 4.69) is 20.2 Å². The Bertz CT molecular complexity index is 715. The minimum Gasteiger partial charge on any atom is -0.416 e. The summed E-state index contributed by atoms with van der Waals surface area (Å²) >= 11 is 11.8. The van der Waals surface area contributed by atoms with E-state index in [1.165, 1.54) is 6.20 Å². The zero-order valence-corrected chi connectivity index (χ0v) is 10.9. The van der Waals surface area contributed by atoms with Gasteiger partial charge in [-0.05, 0) is 18.2 Å². The topological polar surface area (TPSA) is 64.7 Å². The van der Waals surface area contributed by atoms with Gasteiger partial charge in [-0.3, -0.25) is 4.98 Å². The smallest absolute Gasteiger partial charge is 0.251 e. The Morgan fingerprint density at radius 1 is 1.05 bits per heavy atom. The standard InChI is InChI=1S/C12H6Cl2N4O/c13-8-4-9(10(14)16-6-8)12-18-17-11(19-12)7-2-1-3-15-5-7/h1-6H. The van der Waals surface area contributed by atoms with E-state index in [9.17, 15) is 0 Å². The molecule has 0 amide bonds. The van der Waals surface area contributed by atoms with Crippen LogP contribution < -0.4 is 0 Å². The van der Waals surface area contributed by atoms with Crippen molar-refractivity contribution >= 4 is 23.2 Å². The molecular formula is C12H6Cl2N4O. The summed E-state index contributed by atoms with van der Waals surface area (Å²) in [5.74, 6) is 0.623. The number of hydrogen-bond donors (Lipinski definition) is 0. The lowest BCUT2D eigenvalue weighted by atomic mass is 10.3. The molecule has 0 aromatic carbocycles. The maximum atomic E-state index is 5.98. The first kappa shape index (κ1) is 12.1. The first-order valence-electron chi connectivity index (χ1n) is 5.29. The molecule has 0 spiro atoms. The third kappa shape index (κ3) is 2.43. The fraction of sp³-hybridized carbons (Fsp3) is 0. The molecule has 3 rings (SSSR count). The van der Waals surface area contributed by atoms with Crippen LogP contribution in [0.25, 0.3) is 22.9 Å². The van der Waals surface area contributed by atoms with E-state index in [1.807, 2.05) is 6.07 Å². The van der Waals surface area contributed by atoms with E-state index < -0.39 is 0 Å². The van der Waals surface area contributed by atoms with Gasteiger partial charge in [-0.15, -0.1) is 10.2 Å². The van der Waals surface area contributed by atoms with Crippen molar-refractivity contribution in [2.24, 2.45) is 0 Å². The predicted octanol–water partition coefficient (Wildman–Crippen LogP) is 3.50. The van der Waals surface area contributed by atoms with Crippen LogP contribution in [0.3, 0.4) is 0 Å². The van der Waals surface area contributed by atoms with Crippen molar-refractivity contribution in [3.63, 3.8) is 0 Å². The Hall–Kier alpha value is -1.98. The van der Waals surface area contributed by atoms with Gasteiger partial charge in [-0.2, -0.15) is 0 Å². The van der Waals surface area contributed by atoms with Crippen LogP contribution in [-0.4, -0.2) is 20.2 Å². The quantitative estimate of drug-likeness (QED) is 0.676. The van der Waals surface area contributed by atoms with Crippen LogP contribution in [0.5, 0.6) is 0 Å². The number of pyridine rings is 2. The van der Waals surface area contributed by atoms with Crippen LogP contribution >= 0.6 is 23.2 Å². The largest absolute Gasteiger partial charge is 0.416 e. The number of rotatable bonds is 2. The molecule has 0 radical (unpaired) electrons. The van der Waals surface area contributed by atoms with Crippen LogP contribution in [0.1, 0.15) is 0 Å². The van der Waals surface area contributed by atoms with Crippen molar-refractivity contribution in [1.29, 1.82) is 0 Å². The summed E-state index contributed by atoms with van der Waals surface area (Å²) < 4.78 is 5.55. The van der Waals surface area contributed by atoms with E-state index in [4.69, 9.17) is 27.6 Å². The molecule has 0 aliphatic carbocycles. The van der Waals surface area contributed by atoms with Gasteiger partial charge in [-0.25, -0.2) is 4.98 Å². The molecule has 7 heteroatoms. The second-order valence-corrected chi connectivity index (χ2v) is 4.44. The number of hydrogen-bond acceptors (Lipinski definition) is 5. The highest BCUT2D eigenvalue weighted by atomic mass is 35.5. The van der Waals surface area contributed by atoms with Gasteiger partial charge in [-0.1, -0.05) is 23.2 Å². The molecule has 0 saturated heterocycles. The monoisotopic (exact) mass is 292 g/mol. The number of halogens is 2. The second kappa shape index (κ2) is 4.95. The molecule has 0 fully saturated rings. The van der Waals surface area contributed by atoms with Gasteiger partial charge >= 0.3 is 0 Å². The molecule has 94 valence electrons. The first-order chi connectivity index (χ1) is 9.24. The molecule has 0 atom stereocenters. The molecule has 3 aromatic rings. The molecule has 0 aliphatic rings. The Labute approximate surface area is 118 Å². The number of aromatic nitrogens is 4. The molecule has 3 aromatic heterocycles. The van der Waals surface area contributed by atoms with Crippen LogP contribution in [0.2, 0.25) is 10.2 Å². The average Bonchev–Trinajstić information content (AvgIpc) is 2.92. The van der Waals surface area contributed by atoms with E-state index in [0.29, 0.717) is 16.5 Å². The summed E-state index contributed by atoms with van der Waals surface area (Å²) in [7, 11) is 0. The Kier molecular flexibility index (Phi) is 3.15. The van der Waals surface area contributed by atoms with Crippen LogP contribution in [0, 0.1) is 0 Å². The minimum atomic E-state index is 0.255. The molecule has 5 nitrogen and oxygen atoms in total. The number of nitrogens with zero attached hydrogens (tertiary/aromatic N) is 4. The lowest BCUT2D eigenvalue weighted by molar-refractivity contribution is 0.584. The van der Waals surface area contributed by atoms with E-state index in [-0.39, 0.29) is 11.0 Å². The van der Waals surface area contributed by atoms with Crippen molar-refractivity contribution in [1.82, 2.24) is 20.2 Å². The fourth-order valence-corrected chi connectivity index (χ4v) is 1.85. The zero-order valence-electron chi connectivity index (χ0n) is 9.42. The molecule has 0 saturated carbocycles. The highest BCUT2D eigenvalue weighted by molar-refractivity contribution is 6.34. The lowest BCUT2D eigenvalue weighted by Gasteiger charge is -1.98. The van der Waals surface area contributed by atoms with Crippen molar-refractivity contribution in [3.05, 3.63) is 47.0 Å². The second-order valence-electron chi connectivity index (χ2n) is 3.65. The predicted molar refractivity (Wildman–Crippen MR) is 70.8 cm³/mol. The zero-order chi connectivity index (χ0) is 13.2. The Balaban J connectivity index is 2.04. The van der Waals surface area contributed by atoms with E-state index in [0.717, 1.165) is 5.56 Å². The third-order valence-electron chi connectivity index (χ3n) is 2.37. The van der Waals surface area contributed by atoms with Crippen molar-refractivity contribution in [2.45, 2.75) is 0 Å². The Morgan fingerprint density at radius 2 is 1.89 bits per heavy atom. The summed E-state index contributed by atoms with van der Waals surface area (Å²) in [5.41, 5.74) is 1.23. The van der Waals surface area contributed by atoms with E-state index >= 15 is 0 Å².